The smallest absolute Gasteiger partial charge is 0.162 e. The van der Waals surface area contributed by atoms with Gasteiger partial charge in [0.25, 0.3) is 0 Å². The number of nitrogens with one attached hydrogen (secondary N) is 1. The number of methoxy groups -OCH3 is 1. The molecule has 0 aliphatic rings. The maximum absolute atomic E-state index is 10.3. The molecule has 0 saturated heterocycles. The van der Waals surface area contributed by atoms with Gasteiger partial charge in [-0.1, -0.05) is 0 Å². The molecule has 1 heterocycles. The summed E-state index contributed by atoms with van der Waals surface area (Å²) in [6.45, 7) is 4.88. The number of hydrogen-bond acceptors (Lipinski definition) is 4. The third kappa shape index (κ3) is 2.30. The minimum Gasteiger partial charge on any atom is -0.493 e. The van der Waals surface area contributed by atoms with E-state index in [0.717, 1.165) is 0 Å². The molecule has 0 aliphatic carbocycles. The summed E-state index contributed by atoms with van der Waals surface area (Å²) in [5.74, 6) is 0.622. The maximum Gasteiger partial charge on any atom is 0.162 e. The molecular weight excluding hydrogens is 194 g/mol. The van der Waals surface area contributed by atoms with Crippen molar-refractivity contribution in [2.45, 2.75) is 26.0 Å². The van der Waals surface area contributed by atoms with Crippen molar-refractivity contribution in [1.82, 2.24) is 15.1 Å². The van der Waals surface area contributed by atoms with E-state index >= 15 is 0 Å². The molecule has 0 aromatic carbocycles. The largest absolute Gasteiger partial charge is 0.493 e. The lowest BCUT2D eigenvalue weighted by molar-refractivity contribution is 0.0471. The molecule has 0 amide bonds. The summed E-state index contributed by atoms with van der Waals surface area (Å²) in [5.41, 5.74) is -0.270. The molecule has 0 radical (unpaired) electrons. The Bertz CT molecular complexity index is 299. The SMILES string of the molecule is CCn1ncc(OC)c1C(C)(O)CNC. The van der Waals surface area contributed by atoms with Gasteiger partial charge in [-0.3, -0.25) is 4.68 Å². The minimum atomic E-state index is -0.980. The lowest BCUT2D eigenvalue weighted by Gasteiger charge is -2.24. The predicted molar refractivity (Wildman–Crippen MR) is 58.0 cm³/mol. The van der Waals surface area contributed by atoms with Crippen LogP contribution in [0.4, 0.5) is 0 Å². The van der Waals surface area contributed by atoms with Crippen molar-refractivity contribution >= 4 is 0 Å². The number of aryl methyl sites for hydroxylation is 1. The molecule has 0 bridgehead atoms. The number of nitrogens with zero attached hydrogens (tertiary/aromatic N) is 2. The van der Waals surface area contributed by atoms with Crippen molar-refractivity contribution in [1.29, 1.82) is 0 Å². The molecule has 1 rings (SSSR count). The zero-order valence-electron chi connectivity index (χ0n) is 9.74. The van der Waals surface area contributed by atoms with Crippen molar-refractivity contribution < 1.29 is 9.84 Å². The fraction of sp³-hybridized carbons (Fsp3) is 0.700. The van der Waals surface area contributed by atoms with Crippen LogP contribution in [0.1, 0.15) is 19.5 Å². The highest BCUT2D eigenvalue weighted by atomic mass is 16.5. The maximum atomic E-state index is 10.3. The van der Waals surface area contributed by atoms with Crippen LogP contribution in [-0.2, 0) is 12.1 Å². The summed E-state index contributed by atoms with van der Waals surface area (Å²) >= 11 is 0. The van der Waals surface area contributed by atoms with Gasteiger partial charge in [0, 0.05) is 13.1 Å². The molecule has 0 fully saturated rings. The first-order valence-electron chi connectivity index (χ1n) is 5.04. The molecule has 1 aromatic rings. The molecular formula is C10H19N3O2. The number of aliphatic hydroxyl groups is 1. The first-order valence-corrected chi connectivity index (χ1v) is 5.04. The summed E-state index contributed by atoms with van der Waals surface area (Å²) in [6, 6.07) is 0. The van der Waals surface area contributed by atoms with Gasteiger partial charge in [0.15, 0.2) is 5.75 Å². The molecule has 0 spiro atoms. The van der Waals surface area contributed by atoms with Crippen LogP contribution in [0.2, 0.25) is 0 Å². The van der Waals surface area contributed by atoms with Gasteiger partial charge in [-0.2, -0.15) is 5.10 Å². The van der Waals surface area contributed by atoms with Gasteiger partial charge in [-0.15, -0.1) is 0 Å². The Morgan fingerprint density at radius 3 is 2.80 bits per heavy atom. The second-order valence-corrected chi connectivity index (χ2v) is 3.68. The monoisotopic (exact) mass is 213 g/mol. The Morgan fingerprint density at radius 2 is 2.33 bits per heavy atom. The van der Waals surface area contributed by atoms with Gasteiger partial charge in [0.05, 0.1) is 13.3 Å². The second-order valence-electron chi connectivity index (χ2n) is 3.68. The fourth-order valence-electron chi connectivity index (χ4n) is 1.73. The Hall–Kier alpha value is -1.07. The zero-order chi connectivity index (χ0) is 11.5. The van der Waals surface area contributed by atoms with E-state index in [9.17, 15) is 5.11 Å². The predicted octanol–water partition coefficient (Wildman–Crippen LogP) is 0.338. The van der Waals surface area contributed by atoms with Crippen LogP contribution >= 0.6 is 0 Å². The van der Waals surface area contributed by atoms with E-state index in [1.165, 1.54) is 0 Å². The molecule has 1 unspecified atom stereocenters. The lowest BCUT2D eigenvalue weighted by atomic mass is 10.0. The Kier molecular flexibility index (Phi) is 3.71. The molecule has 5 nitrogen and oxygen atoms in total. The van der Waals surface area contributed by atoms with E-state index in [4.69, 9.17) is 4.74 Å². The average Bonchev–Trinajstić information content (AvgIpc) is 2.60. The molecule has 2 N–H and O–H groups in total. The number of likely N-dealkylation sites (N-methyl/N-ethyl adjacent to an activating group) is 1. The summed E-state index contributed by atoms with van der Waals surface area (Å²) in [6.07, 6.45) is 1.63. The normalized spacial score (nSPS) is 15.0. The Balaban J connectivity index is 3.13. The van der Waals surface area contributed by atoms with Crippen LogP contribution in [0.3, 0.4) is 0 Å². The first-order chi connectivity index (χ1) is 7.06. The molecule has 15 heavy (non-hydrogen) atoms. The Labute approximate surface area is 90.1 Å². The number of hydrogen-bond donors (Lipinski definition) is 2. The van der Waals surface area contributed by atoms with E-state index < -0.39 is 5.60 Å². The third-order valence-electron chi connectivity index (χ3n) is 2.36. The average molecular weight is 213 g/mol. The molecule has 0 aliphatic heterocycles. The van der Waals surface area contributed by atoms with Gasteiger partial charge >= 0.3 is 0 Å². The number of aromatic nitrogens is 2. The quantitative estimate of drug-likeness (QED) is 0.740. The van der Waals surface area contributed by atoms with Gasteiger partial charge in [-0.05, 0) is 20.9 Å². The van der Waals surface area contributed by atoms with E-state index in [1.807, 2.05) is 6.92 Å². The minimum absolute atomic E-state index is 0.453. The van der Waals surface area contributed by atoms with Gasteiger partial charge < -0.3 is 15.2 Å². The van der Waals surface area contributed by atoms with Gasteiger partial charge in [0.1, 0.15) is 11.3 Å². The molecule has 1 atom stereocenters. The van der Waals surface area contributed by atoms with Crippen LogP contribution in [0.15, 0.2) is 6.20 Å². The lowest BCUT2D eigenvalue weighted by Crippen LogP contribution is -2.36. The molecule has 0 saturated carbocycles. The second kappa shape index (κ2) is 4.63. The van der Waals surface area contributed by atoms with Crippen LogP contribution in [0.25, 0.3) is 0 Å². The van der Waals surface area contributed by atoms with Gasteiger partial charge in [0.2, 0.25) is 0 Å². The Morgan fingerprint density at radius 1 is 1.67 bits per heavy atom. The molecule has 1 aromatic heterocycles. The van der Waals surface area contributed by atoms with E-state index in [1.54, 1.807) is 32.0 Å². The summed E-state index contributed by atoms with van der Waals surface area (Å²) < 4.78 is 6.94. The standard InChI is InChI=1S/C10H19N3O2/c1-5-13-9(8(15-4)6-12-13)10(2,14)7-11-3/h6,11,14H,5,7H2,1-4H3. The summed E-state index contributed by atoms with van der Waals surface area (Å²) in [7, 11) is 3.38. The summed E-state index contributed by atoms with van der Waals surface area (Å²) in [4.78, 5) is 0. The summed E-state index contributed by atoms with van der Waals surface area (Å²) in [5, 5.41) is 17.4. The van der Waals surface area contributed by atoms with Crippen molar-refractivity contribution in [3.8, 4) is 5.75 Å². The molecule has 86 valence electrons. The third-order valence-corrected chi connectivity index (χ3v) is 2.36. The van der Waals surface area contributed by atoms with Gasteiger partial charge in [-0.25, -0.2) is 0 Å². The van der Waals surface area contributed by atoms with Crippen LogP contribution in [0, 0.1) is 0 Å². The highest BCUT2D eigenvalue weighted by molar-refractivity contribution is 5.30. The number of ether oxygens (including phenoxy) is 1. The topological polar surface area (TPSA) is 59.3 Å². The van der Waals surface area contributed by atoms with Crippen molar-refractivity contribution in [3.05, 3.63) is 11.9 Å². The van der Waals surface area contributed by atoms with Crippen LogP contribution < -0.4 is 10.1 Å². The van der Waals surface area contributed by atoms with Crippen molar-refractivity contribution in [2.24, 2.45) is 0 Å². The van der Waals surface area contributed by atoms with E-state index in [2.05, 4.69) is 10.4 Å². The highest BCUT2D eigenvalue weighted by Crippen LogP contribution is 2.29. The van der Waals surface area contributed by atoms with Crippen molar-refractivity contribution in [3.63, 3.8) is 0 Å². The van der Waals surface area contributed by atoms with Crippen LogP contribution in [0.5, 0.6) is 5.75 Å². The zero-order valence-corrected chi connectivity index (χ0v) is 9.74. The molecule has 5 heteroatoms. The highest BCUT2D eigenvalue weighted by Gasteiger charge is 2.30. The van der Waals surface area contributed by atoms with Crippen LogP contribution in [-0.4, -0.2) is 35.6 Å². The fourth-order valence-corrected chi connectivity index (χ4v) is 1.73. The van der Waals surface area contributed by atoms with E-state index in [-0.39, 0.29) is 0 Å². The van der Waals surface area contributed by atoms with Crippen molar-refractivity contribution in [2.75, 3.05) is 20.7 Å². The van der Waals surface area contributed by atoms with E-state index in [0.29, 0.717) is 24.5 Å². The number of rotatable bonds is 5. The first kappa shape index (κ1) is 12.0.